The van der Waals surface area contributed by atoms with Gasteiger partial charge in [-0.25, -0.2) is 13.1 Å². The lowest BCUT2D eigenvalue weighted by atomic mass is 9.72. The molecule has 0 aliphatic heterocycles. The number of nitrogens with one attached hydrogen (secondary N) is 1. The Bertz CT molecular complexity index is 1000. The Morgan fingerprint density at radius 1 is 0.828 bits per heavy atom. The number of hydrogen-bond donors (Lipinski definition) is 1. The van der Waals surface area contributed by atoms with Gasteiger partial charge >= 0.3 is 0 Å². The molecule has 29 heavy (non-hydrogen) atoms. The second-order valence-electron chi connectivity index (χ2n) is 7.22. The molecule has 3 aromatic carbocycles. The first kappa shape index (κ1) is 21.0. The van der Waals surface area contributed by atoms with Crippen molar-refractivity contribution in [2.24, 2.45) is 0 Å². The summed E-state index contributed by atoms with van der Waals surface area (Å²) in [5.41, 5.74) is 2.68. The second-order valence-corrected chi connectivity index (χ2v) is 8.99. The molecule has 0 unspecified atom stereocenters. The highest BCUT2D eigenvalue weighted by Gasteiger charge is 2.34. The van der Waals surface area contributed by atoms with Gasteiger partial charge in [-0.2, -0.15) is 0 Å². The molecule has 3 aromatic rings. The molecule has 0 aliphatic rings. The molecule has 0 amide bonds. The van der Waals surface area contributed by atoms with Gasteiger partial charge in [-0.15, -0.1) is 0 Å². The van der Waals surface area contributed by atoms with Crippen molar-refractivity contribution in [2.75, 3.05) is 6.54 Å². The Labute approximate surface area is 174 Å². The first-order valence-corrected chi connectivity index (χ1v) is 11.2. The zero-order chi connectivity index (χ0) is 20.7. The van der Waals surface area contributed by atoms with E-state index < -0.39 is 15.4 Å². The summed E-state index contributed by atoms with van der Waals surface area (Å²) in [6.45, 7) is 4.19. The summed E-state index contributed by atoms with van der Waals surface area (Å²) in [5.74, 6) is 0. The van der Waals surface area contributed by atoms with Crippen LogP contribution in [0.2, 0.25) is 0 Å². The number of benzene rings is 3. The SMILES string of the molecule is CC=CCC(CNS(=O)(=O)c1ccc(C)cc1)(c1ccccc1)c1ccccc1. The van der Waals surface area contributed by atoms with Crippen LogP contribution in [0.15, 0.2) is 102 Å². The van der Waals surface area contributed by atoms with Crippen molar-refractivity contribution in [1.82, 2.24) is 4.72 Å². The third-order valence-electron chi connectivity index (χ3n) is 5.25. The van der Waals surface area contributed by atoms with Crippen LogP contribution in [0.4, 0.5) is 0 Å². The van der Waals surface area contributed by atoms with E-state index in [-0.39, 0.29) is 11.4 Å². The fourth-order valence-corrected chi connectivity index (χ4v) is 4.63. The molecule has 4 heteroatoms. The van der Waals surface area contributed by atoms with Gasteiger partial charge in [-0.1, -0.05) is 90.5 Å². The highest BCUT2D eigenvalue weighted by molar-refractivity contribution is 7.89. The first-order chi connectivity index (χ1) is 14.0. The lowest BCUT2D eigenvalue weighted by Crippen LogP contribution is -2.41. The van der Waals surface area contributed by atoms with Crippen molar-refractivity contribution in [3.8, 4) is 0 Å². The number of allylic oxidation sites excluding steroid dienone is 2. The summed E-state index contributed by atoms with van der Waals surface area (Å²) < 4.78 is 28.9. The van der Waals surface area contributed by atoms with Crippen LogP contribution in [0.1, 0.15) is 30.0 Å². The second kappa shape index (κ2) is 9.21. The van der Waals surface area contributed by atoms with Gasteiger partial charge in [0.15, 0.2) is 0 Å². The molecule has 0 fully saturated rings. The first-order valence-electron chi connectivity index (χ1n) is 9.76. The minimum atomic E-state index is -3.63. The van der Waals surface area contributed by atoms with E-state index in [2.05, 4.69) is 35.1 Å². The van der Waals surface area contributed by atoms with Gasteiger partial charge in [0.05, 0.1) is 4.90 Å². The number of aryl methyl sites for hydroxylation is 1. The summed E-state index contributed by atoms with van der Waals surface area (Å²) in [5, 5.41) is 0. The molecule has 0 bridgehead atoms. The smallest absolute Gasteiger partial charge is 0.210 e. The molecule has 0 saturated heterocycles. The third-order valence-corrected chi connectivity index (χ3v) is 6.67. The average molecular weight is 406 g/mol. The molecule has 3 nitrogen and oxygen atoms in total. The Kier molecular flexibility index (Phi) is 6.68. The largest absolute Gasteiger partial charge is 0.240 e. The minimum absolute atomic E-state index is 0.265. The fraction of sp³-hybridized carbons (Fsp3) is 0.200. The van der Waals surface area contributed by atoms with Crippen molar-refractivity contribution < 1.29 is 8.42 Å². The van der Waals surface area contributed by atoms with Gasteiger partial charge in [0, 0.05) is 12.0 Å². The third kappa shape index (κ3) is 4.84. The van der Waals surface area contributed by atoms with Crippen LogP contribution >= 0.6 is 0 Å². The molecule has 1 N–H and O–H groups in total. The predicted octanol–water partition coefficient (Wildman–Crippen LogP) is 5.23. The molecular weight excluding hydrogens is 378 g/mol. The lowest BCUT2D eigenvalue weighted by molar-refractivity contribution is 0.498. The Hall–Kier alpha value is -2.69. The standard InChI is InChI=1S/C25H27NO2S/c1-3-4-19-25(22-11-7-5-8-12-22,23-13-9-6-10-14-23)20-26-29(27,28)24-17-15-21(2)16-18-24/h3-18,26H,19-20H2,1-2H3. The predicted molar refractivity (Wildman–Crippen MR) is 119 cm³/mol. The van der Waals surface area contributed by atoms with Gasteiger partial charge in [0.2, 0.25) is 10.0 Å². The maximum absolute atomic E-state index is 13.0. The van der Waals surface area contributed by atoms with E-state index in [0.717, 1.165) is 16.7 Å². The molecule has 0 saturated carbocycles. The van der Waals surface area contributed by atoms with E-state index in [0.29, 0.717) is 6.42 Å². The van der Waals surface area contributed by atoms with E-state index >= 15 is 0 Å². The van der Waals surface area contributed by atoms with E-state index in [1.165, 1.54) is 0 Å². The molecular formula is C25H27NO2S. The normalized spacial score (nSPS) is 12.3. The Morgan fingerprint density at radius 3 is 1.83 bits per heavy atom. The summed E-state index contributed by atoms with van der Waals surface area (Å²) in [4.78, 5) is 0.282. The molecule has 0 spiro atoms. The maximum atomic E-state index is 13.0. The van der Waals surface area contributed by atoms with E-state index in [4.69, 9.17) is 0 Å². The maximum Gasteiger partial charge on any atom is 0.240 e. The molecule has 0 aromatic heterocycles. The summed E-state index contributed by atoms with van der Waals surface area (Å²) in [6, 6.07) is 27.1. The van der Waals surface area contributed by atoms with Crippen molar-refractivity contribution in [1.29, 1.82) is 0 Å². The van der Waals surface area contributed by atoms with Gasteiger partial charge in [-0.05, 0) is 43.5 Å². The van der Waals surface area contributed by atoms with Crippen LogP contribution in [0.3, 0.4) is 0 Å². The topological polar surface area (TPSA) is 46.2 Å². The van der Waals surface area contributed by atoms with E-state index in [1.54, 1.807) is 12.1 Å². The monoisotopic (exact) mass is 405 g/mol. The van der Waals surface area contributed by atoms with Gasteiger partial charge in [-0.3, -0.25) is 0 Å². The van der Waals surface area contributed by atoms with Crippen LogP contribution in [-0.4, -0.2) is 15.0 Å². The van der Waals surface area contributed by atoms with Crippen molar-refractivity contribution in [2.45, 2.75) is 30.6 Å². The van der Waals surface area contributed by atoms with E-state index in [9.17, 15) is 8.42 Å². The van der Waals surface area contributed by atoms with E-state index in [1.807, 2.05) is 68.5 Å². The summed E-state index contributed by atoms with van der Waals surface area (Å²) in [6.07, 6.45) is 4.79. The molecule has 3 rings (SSSR count). The molecule has 0 radical (unpaired) electrons. The number of hydrogen-bond acceptors (Lipinski definition) is 2. The molecule has 0 heterocycles. The molecule has 150 valence electrons. The Morgan fingerprint density at radius 2 is 1.34 bits per heavy atom. The van der Waals surface area contributed by atoms with Crippen LogP contribution in [0.25, 0.3) is 0 Å². The van der Waals surface area contributed by atoms with Crippen LogP contribution in [0.5, 0.6) is 0 Å². The van der Waals surface area contributed by atoms with Crippen LogP contribution in [0, 0.1) is 6.92 Å². The highest BCUT2D eigenvalue weighted by atomic mass is 32.2. The quantitative estimate of drug-likeness (QED) is 0.522. The molecule has 0 aliphatic carbocycles. The highest BCUT2D eigenvalue weighted by Crippen LogP contribution is 2.36. The number of rotatable bonds is 8. The minimum Gasteiger partial charge on any atom is -0.210 e. The Balaban J connectivity index is 2.04. The molecule has 0 atom stereocenters. The van der Waals surface area contributed by atoms with Gasteiger partial charge in [0.1, 0.15) is 0 Å². The van der Waals surface area contributed by atoms with Crippen LogP contribution in [-0.2, 0) is 15.4 Å². The van der Waals surface area contributed by atoms with Crippen molar-refractivity contribution in [3.05, 3.63) is 114 Å². The zero-order valence-electron chi connectivity index (χ0n) is 16.9. The van der Waals surface area contributed by atoms with Gasteiger partial charge in [0.25, 0.3) is 0 Å². The van der Waals surface area contributed by atoms with Crippen molar-refractivity contribution in [3.63, 3.8) is 0 Å². The lowest BCUT2D eigenvalue weighted by Gasteiger charge is -2.34. The van der Waals surface area contributed by atoms with Gasteiger partial charge < -0.3 is 0 Å². The zero-order valence-corrected chi connectivity index (χ0v) is 17.7. The van der Waals surface area contributed by atoms with Crippen molar-refractivity contribution >= 4 is 10.0 Å². The summed E-state index contributed by atoms with van der Waals surface area (Å²) >= 11 is 0. The average Bonchev–Trinajstić information content (AvgIpc) is 2.76. The fourth-order valence-electron chi connectivity index (χ4n) is 3.53. The van der Waals surface area contributed by atoms with Crippen LogP contribution < -0.4 is 4.72 Å². The number of sulfonamides is 1. The summed E-state index contributed by atoms with van der Waals surface area (Å²) in [7, 11) is -3.63.